The molecule has 0 aliphatic heterocycles. The molecule has 1 nitrogen and oxygen atoms in total. The van der Waals surface area contributed by atoms with Crippen molar-refractivity contribution >= 4 is 21.8 Å². The molecular formula is C20H17N. The molecule has 1 heterocycles. The van der Waals surface area contributed by atoms with Crippen molar-refractivity contribution in [3.63, 3.8) is 0 Å². The summed E-state index contributed by atoms with van der Waals surface area (Å²) in [7, 11) is 0. The van der Waals surface area contributed by atoms with E-state index in [1.807, 2.05) is 0 Å². The van der Waals surface area contributed by atoms with Gasteiger partial charge in [-0.1, -0.05) is 60.7 Å². The summed E-state index contributed by atoms with van der Waals surface area (Å²) < 4.78 is 2.42. The molecule has 1 aromatic heterocycles. The van der Waals surface area contributed by atoms with Crippen molar-refractivity contribution in [2.45, 2.75) is 13.5 Å². The fourth-order valence-corrected chi connectivity index (χ4v) is 3.10. The Bertz CT molecular complexity index is 917. The second kappa shape index (κ2) is 4.78. The van der Waals surface area contributed by atoms with Gasteiger partial charge in [0.25, 0.3) is 0 Å². The highest BCUT2D eigenvalue weighted by Crippen LogP contribution is 2.30. The number of fused-ring (bicyclic) bond motifs is 3. The van der Waals surface area contributed by atoms with Gasteiger partial charge in [0.1, 0.15) is 0 Å². The van der Waals surface area contributed by atoms with Crippen molar-refractivity contribution in [2.24, 2.45) is 0 Å². The number of hydrogen-bond acceptors (Lipinski definition) is 0. The standard InChI is InChI=1S/C20H17N/c1-15-11-12-18-17-9-5-6-10-19(17)21(20(18)13-15)14-16-7-3-2-4-8-16/h2-13H,14H2,1H3. The molecule has 4 rings (SSSR count). The molecule has 0 saturated carbocycles. The van der Waals surface area contributed by atoms with Crippen LogP contribution in [0.4, 0.5) is 0 Å². The van der Waals surface area contributed by atoms with Crippen molar-refractivity contribution in [1.29, 1.82) is 0 Å². The predicted octanol–water partition coefficient (Wildman–Crippen LogP) is 5.15. The highest BCUT2D eigenvalue weighted by Gasteiger charge is 2.10. The minimum Gasteiger partial charge on any atom is -0.336 e. The summed E-state index contributed by atoms with van der Waals surface area (Å²) in [6.45, 7) is 3.07. The van der Waals surface area contributed by atoms with Crippen LogP contribution in [0.5, 0.6) is 0 Å². The Hall–Kier alpha value is -2.54. The highest BCUT2D eigenvalue weighted by molar-refractivity contribution is 6.08. The largest absolute Gasteiger partial charge is 0.336 e. The van der Waals surface area contributed by atoms with Crippen molar-refractivity contribution in [3.05, 3.63) is 83.9 Å². The molecule has 0 aliphatic carbocycles. The van der Waals surface area contributed by atoms with Gasteiger partial charge in [0.15, 0.2) is 0 Å². The Kier molecular flexibility index (Phi) is 2.78. The maximum absolute atomic E-state index is 2.42. The van der Waals surface area contributed by atoms with E-state index in [1.54, 1.807) is 0 Å². The van der Waals surface area contributed by atoms with E-state index in [-0.39, 0.29) is 0 Å². The number of hydrogen-bond donors (Lipinski definition) is 0. The molecule has 1 heteroatoms. The number of nitrogens with zero attached hydrogens (tertiary/aromatic N) is 1. The summed E-state index contributed by atoms with van der Waals surface area (Å²) >= 11 is 0. The molecular weight excluding hydrogens is 254 g/mol. The summed E-state index contributed by atoms with van der Waals surface area (Å²) in [6.07, 6.45) is 0. The van der Waals surface area contributed by atoms with Gasteiger partial charge in [-0.15, -0.1) is 0 Å². The Balaban J connectivity index is 2.02. The third kappa shape index (κ3) is 2.02. The van der Waals surface area contributed by atoms with E-state index in [1.165, 1.54) is 32.9 Å². The van der Waals surface area contributed by atoms with Crippen LogP contribution in [0.15, 0.2) is 72.8 Å². The van der Waals surface area contributed by atoms with Gasteiger partial charge in [0.05, 0.1) is 0 Å². The third-order valence-corrected chi connectivity index (χ3v) is 4.11. The van der Waals surface area contributed by atoms with E-state index < -0.39 is 0 Å². The lowest BCUT2D eigenvalue weighted by Gasteiger charge is -2.08. The summed E-state index contributed by atoms with van der Waals surface area (Å²) in [5.74, 6) is 0. The van der Waals surface area contributed by atoms with E-state index in [0.717, 1.165) is 6.54 Å². The summed E-state index contributed by atoms with van der Waals surface area (Å²) in [5.41, 5.74) is 5.27. The molecule has 0 saturated heterocycles. The average Bonchev–Trinajstić information content (AvgIpc) is 2.82. The topological polar surface area (TPSA) is 4.93 Å². The van der Waals surface area contributed by atoms with Gasteiger partial charge < -0.3 is 4.57 Å². The average molecular weight is 271 g/mol. The Labute approximate surface area is 124 Å². The first kappa shape index (κ1) is 12.2. The number of rotatable bonds is 2. The molecule has 0 atom stereocenters. The Morgan fingerprint density at radius 2 is 1.43 bits per heavy atom. The SMILES string of the molecule is Cc1ccc2c3ccccc3n(Cc3ccccc3)c2c1. The smallest absolute Gasteiger partial charge is 0.0497 e. The van der Waals surface area contributed by atoms with Crippen LogP contribution in [0.1, 0.15) is 11.1 Å². The van der Waals surface area contributed by atoms with Crippen LogP contribution in [0.3, 0.4) is 0 Å². The van der Waals surface area contributed by atoms with Gasteiger partial charge in [0.2, 0.25) is 0 Å². The number of benzene rings is 3. The lowest BCUT2D eigenvalue weighted by Crippen LogP contribution is -1.99. The van der Waals surface area contributed by atoms with Gasteiger partial charge in [-0.25, -0.2) is 0 Å². The van der Waals surface area contributed by atoms with Gasteiger partial charge in [-0.3, -0.25) is 0 Å². The zero-order valence-corrected chi connectivity index (χ0v) is 12.1. The molecule has 0 N–H and O–H groups in total. The first-order chi connectivity index (χ1) is 10.3. The predicted molar refractivity (Wildman–Crippen MR) is 89.7 cm³/mol. The van der Waals surface area contributed by atoms with Gasteiger partial charge in [-0.05, 0) is 30.2 Å². The summed E-state index contributed by atoms with van der Waals surface area (Å²) in [4.78, 5) is 0. The summed E-state index contributed by atoms with van der Waals surface area (Å²) in [6, 6.07) is 26.1. The zero-order chi connectivity index (χ0) is 14.2. The number of aryl methyl sites for hydroxylation is 1. The lowest BCUT2D eigenvalue weighted by atomic mass is 10.1. The fourth-order valence-electron chi connectivity index (χ4n) is 3.10. The molecule has 21 heavy (non-hydrogen) atoms. The lowest BCUT2D eigenvalue weighted by molar-refractivity contribution is 0.868. The summed E-state index contributed by atoms with van der Waals surface area (Å²) in [5, 5.41) is 2.68. The maximum atomic E-state index is 2.42. The third-order valence-electron chi connectivity index (χ3n) is 4.11. The Morgan fingerprint density at radius 3 is 2.29 bits per heavy atom. The van der Waals surface area contributed by atoms with E-state index in [9.17, 15) is 0 Å². The minimum absolute atomic E-state index is 0.911. The molecule has 0 spiro atoms. The first-order valence-electron chi connectivity index (χ1n) is 7.34. The maximum Gasteiger partial charge on any atom is 0.0497 e. The van der Waals surface area contributed by atoms with Crippen LogP contribution < -0.4 is 0 Å². The molecule has 0 radical (unpaired) electrons. The van der Waals surface area contributed by atoms with Crippen molar-refractivity contribution in [2.75, 3.05) is 0 Å². The normalized spacial score (nSPS) is 11.3. The van der Waals surface area contributed by atoms with Gasteiger partial charge in [0, 0.05) is 28.4 Å². The molecule has 102 valence electrons. The van der Waals surface area contributed by atoms with Crippen LogP contribution in [0.25, 0.3) is 21.8 Å². The van der Waals surface area contributed by atoms with Crippen molar-refractivity contribution in [1.82, 2.24) is 4.57 Å². The highest BCUT2D eigenvalue weighted by atomic mass is 15.0. The molecule has 4 aromatic rings. The number of aromatic nitrogens is 1. The second-order valence-corrected chi connectivity index (χ2v) is 5.61. The van der Waals surface area contributed by atoms with Crippen LogP contribution in [0.2, 0.25) is 0 Å². The second-order valence-electron chi connectivity index (χ2n) is 5.61. The zero-order valence-electron chi connectivity index (χ0n) is 12.1. The fraction of sp³-hybridized carbons (Fsp3) is 0.100. The van der Waals surface area contributed by atoms with Crippen LogP contribution >= 0.6 is 0 Å². The van der Waals surface area contributed by atoms with E-state index >= 15 is 0 Å². The van der Waals surface area contributed by atoms with Crippen molar-refractivity contribution < 1.29 is 0 Å². The molecule has 0 fully saturated rings. The van der Waals surface area contributed by atoms with Gasteiger partial charge in [-0.2, -0.15) is 0 Å². The number of para-hydroxylation sites is 1. The molecule has 0 amide bonds. The van der Waals surface area contributed by atoms with E-state index in [4.69, 9.17) is 0 Å². The van der Waals surface area contributed by atoms with E-state index in [0.29, 0.717) is 0 Å². The molecule has 0 aliphatic rings. The van der Waals surface area contributed by atoms with Crippen LogP contribution in [-0.4, -0.2) is 4.57 Å². The van der Waals surface area contributed by atoms with Gasteiger partial charge >= 0.3 is 0 Å². The first-order valence-corrected chi connectivity index (χ1v) is 7.34. The van der Waals surface area contributed by atoms with E-state index in [2.05, 4.69) is 84.3 Å². The minimum atomic E-state index is 0.911. The molecule has 0 bridgehead atoms. The van der Waals surface area contributed by atoms with Crippen LogP contribution in [0, 0.1) is 6.92 Å². The monoisotopic (exact) mass is 271 g/mol. The molecule has 3 aromatic carbocycles. The van der Waals surface area contributed by atoms with Crippen molar-refractivity contribution in [3.8, 4) is 0 Å². The Morgan fingerprint density at radius 1 is 0.714 bits per heavy atom. The molecule has 0 unspecified atom stereocenters. The quantitative estimate of drug-likeness (QED) is 0.475. The van der Waals surface area contributed by atoms with Crippen LogP contribution in [-0.2, 0) is 6.54 Å².